The van der Waals surface area contributed by atoms with Crippen LogP contribution in [0.25, 0.3) is 0 Å². The Morgan fingerprint density at radius 3 is 2.44 bits per heavy atom. The van der Waals surface area contributed by atoms with Crippen LogP contribution in [-0.2, 0) is 24.3 Å². The van der Waals surface area contributed by atoms with Crippen molar-refractivity contribution in [3.63, 3.8) is 0 Å². The standard InChI is InChI=1S/C16H19N3O5S/c17-12-16(8-4-5-9-16)19-14(20)11-24-15(21)10-18-25(22,23)13-6-2-1-3-7-13/h1-3,6-7,18H,4-5,8-11H2,(H,19,20). The molecule has 0 aliphatic heterocycles. The second-order valence-corrected chi connectivity index (χ2v) is 7.51. The van der Waals surface area contributed by atoms with Gasteiger partial charge in [-0.3, -0.25) is 9.59 Å². The van der Waals surface area contributed by atoms with E-state index in [0.717, 1.165) is 12.8 Å². The van der Waals surface area contributed by atoms with Crippen LogP contribution >= 0.6 is 0 Å². The Labute approximate surface area is 146 Å². The molecule has 1 fully saturated rings. The Bertz CT molecular complexity index is 765. The maximum absolute atomic E-state index is 12.0. The van der Waals surface area contributed by atoms with Crippen LogP contribution in [0.1, 0.15) is 25.7 Å². The van der Waals surface area contributed by atoms with Gasteiger partial charge in [0.1, 0.15) is 12.1 Å². The van der Waals surface area contributed by atoms with E-state index in [9.17, 15) is 23.3 Å². The zero-order chi connectivity index (χ0) is 18.3. The number of amides is 1. The monoisotopic (exact) mass is 365 g/mol. The Morgan fingerprint density at radius 1 is 1.20 bits per heavy atom. The number of hydrogen-bond acceptors (Lipinski definition) is 6. The summed E-state index contributed by atoms with van der Waals surface area (Å²) in [5.74, 6) is -1.46. The molecular formula is C16H19N3O5S. The lowest BCUT2D eigenvalue weighted by Gasteiger charge is -2.21. The molecule has 1 aromatic carbocycles. The van der Waals surface area contributed by atoms with E-state index in [0.29, 0.717) is 12.8 Å². The van der Waals surface area contributed by atoms with E-state index >= 15 is 0 Å². The molecule has 0 bridgehead atoms. The van der Waals surface area contributed by atoms with Gasteiger partial charge in [0, 0.05) is 0 Å². The molecule has 1 amide bonds. The van der Waals surface area contributed by atoms with Gasteiger partial charge in [0.2, 0.25) is 10.0 Å². The minimum Gasteiger partial charge on any atom is -0.455 e. The van der Waals surface area contributed by atoms with Crippen LogP contribution in [0.2, 0.25) is 0 Å². The van der Waals surface area contributed by atoms with E-state index in [-0.39, 0.29) is 4.90 Å². The summed E-state index contributed by atoms with van der Waals surface area (Å²) in [5.41, 5.74) is -0.890. The van der Waals surface area contributed by atoms with Crippen LogP contribution in [0.5, 0.6) is 0 Å². The summed E-state index contributed by atoms with van der Waals surface area (Å²) in [6.45, 7) is -1.15. The van der Waals surface area contributed by atoms with Gasteiger partial charge in [-0.2, -0.15) is 9.98 Å². The highest BCUT2D eigenvalue weighted by atomic mass is 32.2. The second-order valence-electron chi connectivity index (χ2n) is 5.75. The van der Waals surface area contributed by atoms with Crippen molar-refractivity contribution < 1.29 is 22.7 Å². The first-order valence-electron chi connectivity index (χ1n) is 7.79. The van der Waals surface area contributed by atoms with Crippen LogP contribution in [0.4, 0.5) is 0 Å². The fourth-order valence-corrected chi connectivity index (χ4v) is 3.57. The number of nitrogens with zero attached hydrogens (tertiary/aromatic N) is 1. The van der Waals surface area contributed by atoms with Crippen LogP contribution in [0, 0.1) is 11.3 Å². The van der Waals surface area contributed by atoms with E-state index in [1.54, 1.807) is 18.2 Å². The molecular weight excluding hydrogens is 346 g/mol. The molecule has 0 atom stereocenters. The van der Waals surface area contributed by atoms with Crippen LogP contribution in [0.15, 0.2) is 35.2 Å². The van der Waals surface area contributed by atoms with E-state index in [1.165, 1.54) is 12.1 Å². The van der Waals surface area contributed by atoms with Gasteiger partial charge in [-0.05, 0) is 37.8 Å². The molecule has 134 valence electrons. The number of nitriles is 1. The number of carbonyl (C=O) groups is 2. The van der Waals surface area contributed by atoms with E-state index in [1.807, 2.05) is 0 Å². The highest BCUT2D eigenvalue weighted by Crippen LogP contribution is 2.28. The first-order chi connectivity index (χ1) is 11.9. The third-order valence-electron chi connectivity index (χ3n) is 3.87. The topological polar surface area (TPSA) is 125 Å². The van der Waals surface area contributed by atoms with E-state index in [2.05, 4.69) is 16.1 Å². The van der Waals surface area contributed by atoms with E-state index < -0.39 is 40.6 Å². The number of sulfonamides is 1. The molecule has 8 nitrogen and oxygen atoms in total. The first-order valence-corrected chi connectivity index (χ1v) is 9.28. The lowest BCUT2D eigenvalue weighted by atomic mass is 10.00. The Hall–Kier alpha value is -2.44. The normalized spacial score (nSPS) is 16.0. The van der Waals surface area contributed by atoms with Crippen molar-refractivity contribution in [2.75, 3.05) is 13.2 Å². The highest BCUT2D eigenvalue weighted by Gasteiger charge is 2.35. The molecule has 0 unspecified atom stereocenters. The van der Waals surface area contributed by atoms with Crippen molar-refractivity contribution in [3.8, 4) is 6.07 Å². The number of rotatable bonds is 7. The maximum atomic E-state index is 12.0. The van der Waals surface area contributed by atoms with Gasteiger partial charge in [0.25, 0.3) is 5.91 Å². The SMILES string of the molecule is N#CC1(NC(=O)COC(=O)CNS(=O)(=O)c2ccccc2)CCCC1. The van der Waals surface area contributed by atoms with Crippen molar-refractivity contribution in [2.24, 2.45) is 0 Å². The Kier molecular flexibility index (Phi) is 6.12. The fourth-order valence-electron chi connectivity index (χ4n) is 2.58. The molecule has 1 saturated carbocycles. The molecule has 0 aromatic heterocycles. The molecule has 2 rings (SSSR count). The summed E-state index contributed by atoms with van der Waals surface area (Å²) in [6, 6.07) is 9.67. The number of esters is 1. The second kappa shape index (κ2) is 8.09. The third kappa shape index (κ3) is 5.27. The predicted octanol–water partition coefficient (Wildman–Crippen LogP) is 0.461. The van der Waals surface area contributed by atoms with Gasteiger partial charge in [0.15, 0.2) is 6.61 Å². The molecule has 2 N–H and O–H groups in total. The summed E-state index contributed by atoms with van der Waals surface area (Å²) < 4.78 is 30.8. The summed E-state index contributed by atoms with van der Waals surface area (Å²) >= 11 is 0. The van der Waals surface area contributed by atoms with Crippen LogP contribution < -0.4 is 10.0 Å². The van der Waals surface area contributed by atoms with E-state index in [4.69, 9.17) is 4.74 Å². The average Bonchev–Trinajstić information content (AvgIpc) is 3.08. The quantitative estimate of drug-likeness (QED) is 0.676. The molecule has 0 heterocycles. The predicted molar refractivity (Wildman–Crippen MR) is 87.5 cm³/mol. The summed E-state index contributed by atoms with van der Waals surface area (Å²) in [5, 5.41) is 11.8. The number of hydrogen-bond donors (Lipinski definition) is 2. The largest absolute Gasteiger partial charge is 0.455 e. The molecule has 1 aliphatic carbocycles. The molecule has 0 saturated heterocycles. The third-order valence-corrected chi connectivity index (χ3v) is 5.29. The fraction of sp³-hybridized carbons (Fsp3) is 0.438. The smallest absolute Gasteiger partial charge is 0.321 e. The number of nitrogens with one attached hydrogen (secondary N) is 2. The summed E-state index contributed by atoms with van der Waals surface area (Å²) in [6.07, 6.45) is 2.85. The van der Waals surface area contributed by atoms with Crippen molar-refractivity contribution in [2.45, 2.75) is 36.1 Å². The zero-order valence-electron chi connectivity index (χ0n) is 13.5. The van der Waals surface area contributed by atoms with Crippen molar-refractivity contribution in [1.29, 1.82) is 5.26 Å². The van der Waals surface area contributed by atoms with Gasteiger partial charge >= 0.3 is 5.97 Å². The lowest BCUT2D eigenvalue weighted by molar-refractivity contribution is -0.147. The molecule has 1 aliphatic rings. The first kappa shape index (κ1) is 18.9. The molecule has 0 spiro atoms. The van der Waals surface area contributed by atoms with Crippen molar-refractivity contribution >= 4 is 21.9 Å². The Morgan fingerprint density at radius 2 is 1.84 bits per heavy atom. The lowest BCUT2D eigenvalue weighted by Crippen LogP contribution is -2.47. The summed E-state index contributed by atoms with van der Waals surface area (Å²) in [4.78, 5) is 23.5. The molecule has 0 radical (unpaired) electrons. The van der Waals surface area contributed by atoms with Gasteiger partial charge in [-0.15, -0.1) is 0 Å². The van der Waals surface area contributed by atoms with Crippen molar-refractivity contribution in [3.05, 3.63) is 30.3 Å². The van der Waals surface area contributed by atoms with Gasteiger partial charge in [-0.25, -0.2) is 8.42 Å². The van der Waals surface area contributed by atoms with Crippen molar-refractivity contribution in [1.82, 2.24) is 10.0 Å². The minimum atomic E-state index is -3.82. The number of ether oxygens (including phenoxy) is 1. The molecule has 9 heteroatoms. The Balaban J connectivity index is 1.77. The zero-order valence-corrected chi connectivity index (χ0v) is 14.3. The molecule has 1 aromatic rings. The van der Waals surface area contributed by atoms with Crippen LogP contribution in [-0.4, -0.2) is 39.0 Å². The number of carbonyl (C=O) groups excluding carboxylic acids is 2. The maximum Gasteiger partial charge on any atom is 0.321 e. The average molecular weight is 365 g/mol. The highest BCUT2D eigenvalue weighted by molar-refractivity contribution is 7.89. The van der Waals surface area contributed by atoms with Crippen LogP contribution in [0.3, 0.4) is 0 Å². The molecule has 25 heavy (non-hydrogen) atoms. The van der Waals surface area contributed by atoms with Gasteiger partial charge in [0.05, 0.1) is 11.0 Å². The van der Waals surface area contributed by atoms with Gasteiger partial charge in [-0.1, -0.05) is 18.2 Å². The number of benzene rings is 1. The van der Waals surface area contributed by atoms with Gasteiger partial charge < -0.3 is 10.1 Å². The summed E-state index contributed by atoms with van der Waals surface area (Å²) in [7, 11) is -3.82. The minimum absolute atomic E-state index is 0.0257.